The molecule has 1 saturated heterocycles. The molecular formula is C20H21N5O3. The van der Waals surface area contributed by atoms with Crippen molar-refractivity contribution in [3.05, 3.63) is 60.0 Å². The van der Waals surface area contributed by atoms with Crippen molar-refractivity contribution in [1.29, 1.82) is 0 Å². The molecule has 0 aliphatic carbocycles. The van der Waals surface area contributed by atoms with Gasteiger partial charge in [0.15, 0.2) is 0 Å². The average Bonchev–Trinajstić information content (AvgIpc) is 3.20. The monoisotopic (exact) mass is 379 g/mol. The first-order valence-electron chi connectivity index (χ1n) is 9.09. The first kappa shape index (κ1) is 18.0. The summed E-state index contributed by atoms with van der Waals surface area (Å²) in [5.41, 5.74) is 3.64. The molecule has 0 saturated carbocycles. The molecule has 0 atom stereocenters. The molecule has 28 heavy (non-hydrogen) atoms. The zero-order valence-corrected chi connectivity index (χ0v) is 15.5. The highest BCUT2D eigenvalue weighted by atomic mass is 16.5. The SMILES string of the molecule is Cc1ccccc1Nc1nnc(C(=O)Nc2ccc(N3CCOCC3)cc2)o1. The maximum absolute atomic E-state index is 12.4. The molecule has 8 heteroatoms. The summed E-state index contributed by atoms with van der Waals surface area (Å²) < 4.78 is 10.8. The van der Waals surface area contributed by atoms with E-state index in [1.54, 1.807) is 0 Å². The fourth-order valence-corrected chi connectivity index (χ4v) is 2.96. The third-order valence-electron chi connectivity index (χ3n) is 4.51. The quantitative estimate of drug-likeness (QED) is 0.703. The third kappa shape index (κ3) is 4.12. The minimum atomic E-state index is -0.454. The van der Waals surface area contributed by atoms with E-state index in [9.17, 15) is 4.79 Å². The highest BCUT2D eigenvalue weighted by molar-refractivity contribution is 6.01. The molecular weight excluding hydrogens is 358 g/mol. The second-order valence-electron chi connectivity index (χ2n) is 6.45. The standard InChI is InChI=1S/C20H21N5O3/c1-14-4-2-3-5-17(14)22-20-24-23-19(28-20)18(26)21-15-6-8-16(9-7-15)25-10-12-27-13-11-25/h2-9H,10-13H2,1H3,(H,21,26)(H,22,24). The van der Waals surface area contributed by atoms with Gasteiger partial charge < -0.3 is 24.7 Å². The van der Waals surface area contributed by atoms with Crippen LogP contribution in [-0.4, -0.2) is 42.4 Å². The van der Waals surface area contributed by atoms with Crippen molar-refractivity contribution in [3.8, 4) is 0 Å². The molecule has 0 radical (unpaired) electrons. The smallest absolute Gasteiger partial charge is 0.320 e. The Labute approximate surface area is 162 Å². The van der Waals surface area contributed by atoms with E-state index in [-0.39, 0.29) is 11.9 Å². The lowest BCUT2D eigenvalue weighted by Gasteiger charge is -2.28. The molecule has 0 spiro atoms. The molecule has 1 fully saturated rings. The van der Waals surface area contributed by atoms with E-state index >= 15 is 0 Å². The maximum Gasteiger partial charge on any atom is 0.320 e. The lowest BCUT2D eigenvalue weighted by Crippen LogP contribution is -2.36. The zero-order chi connectivity index (χ0) is 19.3. The van der Waals surface area contributed by atoms with Crippen LogP contribution >= 0.6 is 0 Å². The molecule has 1 aromatic heterocycles. The number of nitrogens with one attached hydrogen (secondary N) is 2. The molecule has 1 aliphatic heterocycles. The Bertz CT molecular complexity index is 948. The summed E-state index contributed by atoms with van der Waals surface area (Å²) in [6.45, 7) is 5.16. The number of aryl methyl sites for hydroxylation is 1. The van der Waals surface area contributed by atoms with Gasteiger partial charge in [-0.1, -0.05) is 23.3 Å². The van der Waals surface area contributed by atoms with Gasteiger partial charge in [-0.3, -0.25) is 4.79 Å². The summed E-state index contributed by atoms with van der Waals surface area (Å²) in [7, 11) is 0. The van der Waals surface area contributed by atoms with E-state index in [0.717, 1.165) is 43.2 Å². The molecule has 4 rings (SSSR count). The summed E-state index contributed by atoms with van der Waals surface area (Å²) in [6.07, 6.45) is 0. The van der Waals surface area contributed by atoms with Crippen LogP contribution in [0.5, 0.6) is 0 Å². The van der Waals surface area contributed by atoms with E-state index in [0.29, 0.717) is 5.69 Å². The minimum Gasteiger partial charge on any atom is -0.399 e. The van der Waals surface area contributed by atoms with Gasteiger partial charge in [-0.15, -0.1) is 5.10 Å². The Morgan fingerprint density at radius 2 is 1.79 bits per heavy atom. The number of amides is 1. The molecule has 0 bridgehead atoms. The van der Waals surface area contributed by atoms with Crippen molar-refractivity contribution < 1.29 is 13.9 Å². The average molecular weight is 379 g/mol. The summed E-state index contributed by atoms with van der Waals surface area (Å²) in [5.74, 6) is -0.558. The van der Waals surface area contributed by atoms with Gasteiger partial charge in [0, 0.05) is 30.2 Å². The Kier molecular flexibility index (Phi) is 5.20. The van der Waals surface area contributed by atoms with E-state index in [2.05, 4.69) is 25.7 Å². The number of carbonyl (C=O) groups is 1. The predicted octanol–water partition coefficient (Wildman–Crippen LogP) is 3.21. The third-order valence-corrected chi connectivity index (χ3v) is 4.51. The summed E-state index contributed by atoms with van der Waals surface area (Å²) in [6, 6.07) is 15.5. The van der Waals surface area contributed by atoms with Crippen LogP contribution in [0.15, 0.2) is 52.9 Å². The fraction of sp³-hybridized carbons (Fsp3) is 0.250. The number of para-hydroxylation sites is 1. The van der Waals surface area contributed by atoms with Gasteiger partial charge in [0.25, 0.3) is 0 Å². The number of carbonyl (C=O) groups excluding carboxylic acids is 1. The van der Waals surface area contributed by atoms with Gasteiger partial charge in [0.2, 0.25) is 0 Å². The number of anilines is 4. The molecule has 2 heterocycles. The summed E-state index contributed by atoms with van der Waals surface area (Å²) >= 11 is 0. The van der Waals surface area contributed by atoms with Crippen LogP contribution in [-0.2, 0) is 4.74 Å². The number of aromatic nitrogens is 2. The molecule has 0 unspecified atom stereocenters. The first-order chi connectivity index (χ1) is 13.7. The first-order valence-corrected chi connectivity index (χ1v) is 9.09. The van der Waals surface area contributed by atoms with Crippen LogP contribution in [0.25, 0.3) is 0 Å². The summed E-state index contributed by atoms with van der Waals surface area (Å²) in [4.78, 5) is 14.6. The largest absolute Gasteiger partial charge is 0.399 e. The number of hydrogen-bond donors (Lipinski definition) is 2. The molecule has 2 aromatic carbocycles. The van der Waals surface area contributed by atoms with Crippen molar-refractivity contribution in [2.45, 2.75) is 6.92 Å². The Hall–Kier alpha value is -3.39. The van der Waals surface area contributed by atoms with Gasteiger partial charge >= 0.3 is 17.8 Å². The Morgan fingerprint density at radius 3 is 2.54 bits per heavy atom. The van der Waals surface area contributed by atoms with Gasteiger partial charge in [0.05, 0.1) is 13.2 Å². The Morgan fingerprint density at radius 1 is 1.04 bits per heavy atom. The molecule has 3 aromatic rings. The van der Waals surface area contributed by atoms with Crippen LogP contribution in [0.4, 0.5) is 23.1 Å². The number of benzene rings is 2. The highest BCUT2D eigenvalue weighted by Gasteiger charge is 2.16. The van der Waals surface area contributed by atoms with Gasteiger partial charge in [-0.25, -0.2) is 0 Å². The second kappa shape index (κ2) is 8.10. The van der Waals surface area contributed by atoms with E-state index in [4.69, 9.17) is 9.15 Å². The van der Waals surface area contributed by atoms with Crippen molar-refractivity contribution in [1.82, 2.24) is 10.2 Å². The van der Waals surface area contributed by atoms with Crippen LogP contribution in [0.1, 0.15) is 16.2 Å². The Balaban J connectivity index is 1.38. The van der Waals surface area contributed by atoms with Crippen LogP contribution in [0, 0.1) is 6.92 Å². The normalized spacial score (nSPS) is 14.0. The molecule has 1 amide bonds. The van der Waals surface area contributed by atoms with Crippen molar-refractivity contribution in [3.63, 3.8) is 0 Å². The maximum atomic E-state index is 12.4. The minimum absolute atomic E-state index is 0.103. The molecule has 8 nitrogen and oxygen atoms in total. The van der Waals surface area contributed by atoms with Gasteiger partial charge in [-0.2, -0.15) is 0 Å². The number of ether oxygens (including phenoxy) is 1. The van der Waals surface area contributed by atoms with Crippen molar-refractivity contribution in [2.75, 3.05) is 41.8 Å². The molecule has 1 aliphatic rings. The second-order valence-corrected chi connectivity index (χ2v) is 6.45. The number of morpholine rings is 1. The van der Waals surface area contributed by atoms with Crippen LogP contribution < -0.4 is 15.5 Å². The van der Waals surface area contributed by atoms with E-state index in [1.165, 1.54) is 0 Å². The fourth-order valence-electron chi connectivity index (χ4n) is 2.96. The van der Waals surface area contributed by atoms with E-state index in [1.807, 2.05) is 55.5 Å². The zero-order valence-electron chi connectivity index (χ0n) is 15.5. The van der Waals surface area contributed by atoms with Gasteiger partial charge in [0.1, 0.15) is 0 Å². The highest BCUT2D eigenvalue weighted by Crippen LogP contribution is 2.21. The number of nitrogens with zero attached hydrogens (tertiary/aromatic N) is 3. The van der Waals surface area contributed by atoms with Crippen molar-refractivity contribution >= 4 is 29.0 Å². The van der Waals surface area contributed by atoms with Crippen molar-refractivity contribution in [2.24, 2.45) is 0 Å². The van der Waals surface area contributed by atoms with E-state index < -0.39 is 5.91 Å². The van der Waals surface area contributed by atoms with Crippen LogP contribution in [0.3, 0.4) is 0 Å². The lowest BCUT2D eigenvalue weighted by atomic mass is 10.2. The lowest BCUT2D eigenvalue weighted by molar-refractivity contribution is 0.0991. The predicted molar refractivity (Wildman–Crippen MR) is 106 cm³/mol. The number of rotatable bonds is 5. The molecule has 2 N–H and O–H groups in total. The molecule has 144 valence electrons. The topological polar surface area (TPSA) is 92.5 Å². The van der Waals surface area contributed by atoms with Crippen LogP contribution in [0.2, 0.25) is 0 Å². The number of hydrogen-bond acceptors (Lipinski definition) is 7. The van der Waals surface area contributed by atoms with Gasteiger partial charge in [-0.05, 0) is 42.8 Å². The summed E-state index contributed by atoms with van der Waals surface area (Å²) in [5, 5.41) is 13.5.